The van der Waals surface area contributed by atoms with Crippen LogP contribution in [-0.2, 0) is 27.3 Å². The highest BCUT2D eigenvalue weighted by Crippen LogP contribution is 2.55. The molecule has 4 aliphatic carbocycles. The molecular formula is C27H30N2O5. The standard InChI is InChI=1S/C27H30N2O5/c30-24(28-27-12-17-8-18(13-27)10-19(9-17)14-27)16-34-26(32)22-11-20-4-1-2-5-21(20)15-29(22)25(31)23-6-3-7-33-23/h1-7,17-19,22H,8-16H2,(H,28,30)/t17?,18?,19?,22-,27?/m1/s1. The smallest absolute Gasteiger partial charge is 0.329 e. The van der Waals surface area contributed by atoms with Crippen LogP contribution in [0, 0.1) is 17.8 Å². The van der Waals surface area contributed by atoms with E-state index in [9.17, 15) is 14.4 Å². The third-order valence-corrected chi connectivity index (χ3v) is 8.30. The third-order valence-electron chi connectivity index (χ3n) is 8.30. The Balaban J connectivity index is 1.13. The monoisotopic (exact) mass is 462 g/mol. The molecule has 2 amide bonds. The van der Waals surface area contributed by atoms with Gasteiger partial charge in [0.1, 0.15) is 6.04 Å². The molecule has 4 saturated carbocycles. The van der Waals surface area contributed by atoms with Crippen LogP contribution in [-0.4, -0.2) is 40.9 Å². The first-order valence-electron chi connectivity index (χ1n) is 12.4. The van der Waals surface area contributed by atoms with Gasteiger partial charge in [-0.1, -0.05) is 24.3 Å². The van der Waals surface area contributed by atoms with Crippen molar-refractivity contribution in [3.05, 3.63) is 59.5 Å². The number of ether oxygens (including phenoxy) is 1. The first-order chi connectivity index (χ1) is 16.5. The average molecular weight is 463 g/mol. The Morgan fingerprint density at radius 1 is 0.971 bits per heavy atom. The second-order valence-corrected chi connectivity index (χ2v) is 10.8. The Morgan fingerprint density at radius 3 is 2.29 bits per heavy atom. The van der Waals surface area contributed by atoms with E-state index in [0.717, 1.165) is 48.1 Å². The molecule has 2 heterocycles. The van der Waals surface area contributed by atoms with Crippen LogP contribution in [0.1, 0.15) is 60.2 Å². The van der Waals surface area contributed by atoms with Crippen LogP contribution in [0.5, 0.6) is 0 Å². The van der Waals surface area contributed by atoms with Gasteiger partial charge >= 0.3 is 5.97 Å². The van der Waals surface area contributed by atoms with Crippen molar-refractivity contribution in [2.45, 2.75) is 63.1 Å². The molecule has 1 aromatic carbocycles. The number of esters is 1. The summed E-state index contributed by atoms with van der Waals surface area (Å²) in [6.45, 7) is -0.0313. The van der Waals surface area contributed by atoms with Gasteiger partial charge in [0.15, 0.2) is 12.4 Å². The fourth-order valence-electron chi connectivity index (χ4n) is 7.32. The minimum atomic E-state index is -0.806. The van der Waals surface area contributed by atoms with Gasteiger partial charge in [-0.15, -0.1) is 0 Å². The summed E-state index contributed by atoms with van der Waals surface area (Å²) in [6, 6.07) is 10.2. The summed E-state index contributed by atoms with van der Waals surface area (Å²) >= 11 is 0. The van der Waals surface area contributed by atoms with Gasteiger partial charge in [-0.25, -0.2) is 4.79 Å². The zero-order valence-electron chi connectivity index (χ0n) is 19.2. The molecule has 0 spiro atoms. The van der Waals surface area contributed by atoms with Gasteiger partial charge in [-0.05, 0) is 79.5 Å². The topological polar surface area (TPSA) is 88.9 Å². The lowest BCUT2D eigenvalue weighted by Gasteiger charge is -2.56. The summed E-state index contributed by atoms with van der Waals surface area (Å²) in [5, 5.41) is 3.24. The van der Waals surface area contributed by atoms with Crippen molar-refractivity contribution in [1.82, 2.24) is 10.2 Å². The van der Waals surface area contributed by atoms with Crippen molar-refractivity contribution < 1.29 is 23.5 Å². The summed E-state index contributed by atoms with van der Waals surface area (Å²) in [5.74, 6) is 1.18. The van der Waals surface area contributed by atoms with Gasteiger partial charge in [0, 0.05) is 18.5 Å². The van der Waals surface area contributed by atoms with Gasteiger partial charge in [0.05, 0.1) is 6.26 Å². The molecule has 4 bridgehead atoms. The quantitative estimate of drug-likeness (QED) is 0.688. The van der Waals surface area contributed by atoms with Crippen LogP contribution in [0.15, 0.2) is 47.1 Å². The SMILES string of the molecule is O=C(COC(=O)[C@H]1Cc2ccccc2CN1C(=O)c1ccco1)NC12CC3CC(CC(C3)C1)C2. The van der Waals surface area contributed by atoms with E-state index in [0.29, 0.717) is 6.42 Å². The Bertz CT molecular complexity index is 1070. The van der Waals surface area contributed by atoms with E-state index < -0.39 is 12.0 Å². The van der Waals surface area contributed by atoms with Crippen molar-refractivity contribution in [3.8, 4) is 0 Å². The molecule has 4 fully saturated rings. The lowest BCUT2D eigenvalue weighted by Crippen LogP contribution is -2.60. The molecule has 1 N–H and O–H groups in total. The van der Waals surface area contributed by atoms with E-state index in [1.165, 1.54) is 30.4 Å². The maximum Gasteiger partial charge on any atom is 0.329 e. The molecule has 1 aliphatic heterocycles. The molecule has 0 unspecified atom stereocenters. The number of nitrogens with one attached hydrogen (secondary N) is 1. The normalized spacial score (nSPS) is 31.1. The maximum absolute atomic E-state index is 13.1. The van der Waals surface area contributed by atoms with Gasteiger partial charge in [0.2, 0.25) is 0 Å². The fraction of sp³-hybridized carbons (Fsp3) is 0.519. The van der Waals surface area contributed by atoms with Crippen LogP contribution in [0.3, 0.4) is 0 Å². The van der Waals surface area contributed by atoms with Crippen molar-refractivity contribution >= 4 is 17.8 Å². The van der Waals surface area contributed by atoms with Crippen LogP contribution >= 0.6 is 0 Å². The number of furan rings is 1. The molecule has 34 heavy (non-hydrogen) atoms. The van der Waals surface area contributed by atoms with E-state index in [4.69, 9.17) is 9.15 Å². The Kier molecular flexibility index (Phi) is 5.23. The van der Waals surface area contributed by atoms with Gasteiger partial charge in [-0.2, -0.15) is 0 Å². The average Bonchev–Trinajstić information content (AvgIpc) is 3.35. The summed E-state index contributed by atoms with van der Waals surface area (Å²) < 4.78 is 10.8. The Morgan fingerprint density at radius 2 is 1.65 bits per heavy atom. The van der Waals surface area contributed by atoms with E-state index in [-0.39, 0.29) is 36.3 Å². The number of nitrogens with zero attached hydrogens (tertiary/aromatic N) is 1. The number of hydrogen-bond acceptors (Lipinski definition) is 5. The van der Waals surface area contributed by atoms with E-state index in [2.05, 4.69) is 5.32 Å². The maximum atomic E-state index is 13.1. The second-order valence-electron chi connectivity index (χ2n) is 10.8. The van der Waals surface area contributed by atoms with Crippen LogP contribution < -0.4 is 5.32 Å². The number of amides is 2. The molecule has 178 valence electrons. The Labute approximate surface area is 198 Å². The zero-order chi connectivity index (χ0) is 23.3. The molecule has 1 atom stereocenters. The number of fused-ring (bicyclic) bond motifs is 1. The number of rotatable bonds is 5. The fourth-order valence-corrected chi connectivity index (χ4v) is 7.32. The Hall–Kier alpha value is -3.09. The van der Waals surface area contributed by atoms with Gasteiger partial charge in [-0.3, -0.25) is 9.59 Å². The largest absolute Gasteiger partial charge is 0.459 e. The van der Waals surface area contributed by atoms with Gasteiger partial charge in [0.25, 0.3) is 11.8 Å². The first-order valence-corrected chi connectivity index (χ1v) is 12.4. The number of carbonyl (C=O) groups excluding carboxylic acids is 3. The predicted molar refractivity (Wildman–Crippen MR) is 123 cm³/mol. The molecular weight excluding hydrogens is 432 g/mol. The number of benzene rings is 1. The minimum absolute atomic E-state index is 0.122. The van der Waals surface area contributed by atoms with Crippen molar-refractivity contribution in [2.24, 2.45) is 17.8 Å². The van der Waals surface area contributed by atoms with E-state index in [1.54, 1.807) is 12.1 Å². The molecule has 1 aromatic heterocycles. The molecule has 7 rings (SSSR count). The first kappa shape index (κ1) is 21.4. The number of carbonyl (C=O) groups is 3. The summed E-state index contributed by atoms with van der Waals surface area (Å²) in [7, 11) is 0. The van der Waals surface area contributed by atoms with E-state index >= 15 is 0 Å². The molecule has 7 nitrogen and oxygen atoms in total. The summed E-state index contributed by atoms with van der Waals surface area (Å²) in [5.41, 5.74) is 1.88. The van der Waals surface area contributed by atoms with Crippen molar-refractivity contribution in [1.29, 1.82) is 0 Å². The molecule has 5 aliphatic rings. The highest BCUT2D eigenvalue weighted by atomic mass is 16.5. The van der Waals surface area contributed by atoms with Crippen molar-refractivity contribution in [3.63, 3.8) is 0 Å². The van der Waals surface area contributed by atoms with Crippen LogP contribution in [0.2, 0.25) is 0 Å². The second kappa shape index (κ2) is 8.29. The van der Waals surface area contributed by atoms with E-state index in [1.807, 2.05) is 24.3 Å². The zero-order valence-corrected chi connectivity index (χ0v) is 19.2. The number of hydrogen-bond donors (Lipinski definition) is 1. The molecule has 2 aromatic rings. The summed E-state index contributed by atoms with van der Waals surface area (Å²) in [4.78, 5) is 40.5. The third kappa shape index (κ3) is 3.91. The van der Waals surface area contributed by atoms with Crippen molar-refractivity contribution in [2.75, 3.05) is 6.61 Å². The lowest BCUT2D eigenvalue weighted by molar-refractivity contribution is -0.154. The lowest BCUT2D eigenvalue weighted by atomic mass is 9.53. The van der Waals surface area contributed by atoms with Crippen LogP contribution in [0.25, 0.3) is 0 Å². The predicted octanol–water partition coefficient (Wildman–Crippen LogP) is 3.47. The highest BCUT2D eigenvalue weighted by molar-refractivity contribution is 5.95. The molecule has 0 saturated heterocycles. The minimum Gasteiger partial charge on any atom is -0.459 e. The van der Waals surface area contributed by atoms with Gasteiger partial charge < -0.3 is 19.4 Å². The highest BCUT2D eigenvalue weighted by Gasteiger charge is 2.51. The molecule has 0 radical (unpaired) electrons. The summed E-state index contributed by atoms with van der Waals surface area (Å²) in [6.07, 6.45) is 8.81. The molecule has 7 heteroatoms. The van der Waals surface area contributed by atoms with Crippen LogP contribution in [0.4, 0.5) is 0 Å².